The molecule has 0 aromatic rings. The minimum Gasteiger partial charge on any atom is -0.512 e. The van der Waals surface area contributed by atoms with E-state index in [9.17, 15) is 0 Å². The topological polar surface area (TPSA) is 20.2 Å². The van der Waals surface area contributed by atoms with E-state index in [2.05, 4.69) is 0 Å². The zero-order chi connectivity index (χ0) is 4.41. The molecule has 1 aliphatic rings. The molecule has 1 N–H and O–H groups in total. The van der Waals surface area contributed by atoms with Crippen molar-refractivity contribution in [1.29, 1.82) is 0 Å². The first-order valence-electron chi connectivity index (χ1n) is 1.80. The van der Waals surface area contributed by atoms with Crippen LogP contribution >= 0.6 is 0 Å². The Morgan fingerprint density at radius 3 is 2.33 bits per heavy atom. The van der Waals surface area contributed by atoms with E-state index >= 15 is 0 Å². The van der Waals surface area contributed by atoms with Crippen molar-refractivity contribution in [2.45, 2.75) is 0 Å². The van der Waals surface area contributed by atoms with E-state index in [0.717, 1.165) is 0 Å². The van der Waals surface area contributed by atoms with E-state index in [-0.39, 0.29) is 0 Å². The number of hydrogen-bond donors (Lipinski definition) is 1. The van der Waals surface area contributed by atoms with E-state index in [1.54, 1.807) is 24.6 Å². The van der Waals surface area contributed by atoms with Crippen LogP contribution in [0.2, 0.25) is 0 Å². The third-order valence-corrected chi connectivity index (χ3v) is 0.645. The zero-order valence-electron chi connectivity index (χ0n) is 3.26. The third-order valence-electron chi connectivity index (χ3n) is 0.645. The first-order chi connectivity index (χ1) is 2.89. The maximum Gasteiger partial charge on any atom is 0.100 e. The van der Waals surface area contributed by atoms with Gasteiger partial charge in [0.15, 0.2) is 0 Å². The Kier molecular flexibility index (Phi) is 0.675. The van der Waals surface area contributed by atoms with Crippen LogP contribution in [-0.2, 0) is 0 Å². The smallest absolute Gasteiger partial charge is 0.100 e. The summed E-state index contributed by atoms with van der Waals surface area (Å²) in [5, 5.41) is 8.47. The van der Waals surface area contributed by atoms with Crippen LogP contribution in [0.4, 0.5) is 0 Å². The van der Waals surface area contributed by atoms with Gasteiger partial charge in [0.05, 0.1) is 0 Å². The van der Waals surface area contributed by atoms with Crippen LogP contribution in [0.1, 0.15) is 0 Å². The molecule has 6 heavy (non-hydrogen) atoms. The summed E-state index contributed by atoms with van der Waals surface area (Å²) in [7, 11) is 0. The summed E-state index contributed by atoms with van der Waals surface area (Å²) in [6.45, 7) is 0. The Bertz CT molecular complexity index is 101. The fourth-order valence-corrected chi connectivity index (χ4v) is 0.364. The molecule has 1 heteroatoms. The highest BCUT2D eigenvalue weighted by atomic mass is 16.3. The number of hydrogen-bond acceptors (Lipinski definition) is 1. The van der Waals surface area contributed by atoms with E-state index in [1.807, 2.05) is 0 Å². The van der Waals surface area contributed by atoms with Gasteiger partial charge in [-0.2, -0.15) is 0 Å². The second kappa shape index (κ2) is 1.17. The lowest BCUT2D eigenvalue weighted by Crippen LogP contribution is -1.67. The van der Waals surface area contributed by atoms with Gasteiger partial charge in [0, 0.05) is 6.42 Å². The van der Waals surface area contributed by atoms with Crippen LogP contribution in [0.5, 0.6) is 0 Å². The van der Waals surface area contributed by atoms with Gasteiger partial charge in [-0.15, -0.1) is 0 Å². The second-order valence-electron chi connectivity index (χ2n) is 1.14. The molecule has 0 spiro atoms. The Balaban J connectivity index is 2.61. The number of aliphatic hydroxyl groups is 1. The second-order valence-corrected chi connectivity index (χ2v) is 1.14. The number of aliphatic hydroxyl groups excluding tert-OH is 1. The van der Waals surface area contributed by atoms with Crippen molar-refractivity contribution in [3.05, 3.63) is 30.4 Å². The average molecular weight is 81.1 g/mol. The van der Waals surface area contributed by atoms with Crippen molar-refractivity contribution in [3.8, 4) is 0 Å². The highest BCUT2D eigenvalue weighted by Crippen LogP contribution is 2.02. The lowest BCUT2D eigenvalue weighted by Gasteiger charge is -1.78. The Labute approximate surface area is 36.6 Å². The molecule has 0 aromatic carbocycles. The molecule has 0 fully saturated rings. The lowest BCUT2D eigenvalue weighted by atomic mass is 10.4. The Morgan fingerprint density at radius 1 is 1.33 bits per heavy atom. The van der Waals surface area contributed by atoms with Crippen LogP contribution in [0.25, 0.3) is 0 Å². The van der Waals surface area contributed by atoms with E-state index in [4.69, 9.17) is 5.11 Å². The van der Waals surface area contributed by atoms with Crippen LogP contribution in [0.3, 0.4) is 0 Å². The molecular weight excluding hydrogens is 76.1 g/mol. The number of rotatable bonds is 0. The molecule has 0 amide bonds. The molecule has 0 aliphatic heterocycles. The Hall–Kier alpha value is -0.720. The lowest BCUT2D eigenvalue weighted by molar-refractivity contribution is 0.427. The Morgan fingerprint density at radius 2 is 2.17 bits per heavy atom. The molecule has 1 aliphatic carbocycles. The predicted octanol–water partition coefficient (Wildman–Crippen LogP) is 1.20. The standard InChI is InChI=1S/C5H5O/c6-5-3-1-2-4-5/h1-4,6H. The van der Waals surface area contributed by atoms with Gasteiger partial charge in [0.1, 0.15) is 5.76 Å². The molecule has 0 aromatic heterocycles. The molecule has 1 nitrogen and oxygen atoms in total. The first kappa shape index (κ1) is 3.47. The quantitative estimate of drug-likeness (QED) is 0.464. The molecule has 0 unspecified atom stereocenters. The first-order valence-corrected chi connectivity index (χ1v) is 1.80. The normalized spacial score (nSPS) is 18.3. The minimum absolute atomic E-state index is 0.343. The largest absolute Gasteiger partial charge is 0.512 e. The van der Waals surface area contributed by atoms with Crippen molar-refractivity contribution < 1.29 is 5.11 Å². The molecular formula is C5H5O. The van der Waals surface area contributed by atoms with Crippen LogP contribution in [0.15, 0.2) is 24.0 Å². The van der Waals surface area contributed by atoms with Gasteiger partial charge in [0.25, 0.3) is 0 Å². The van der Waals surface area contributed by atoms with Crippen LogP contribution < -0.4 is 0 Å². The van der Waals surface area contributed by atoms with Gasteiger partial charge in [-0.3, -0.25) is 0 Å². The van der Waals surface area contributed by atoms with Gasteiger partial charge in [-0.05, 0) is 6.08 Å². The molecule has 0 bridgehead atoms. The summed E-state index contributed by atoms with van der Waals surface area (Å²) in [6.07, 6.45) is 6.85. The maximum absolute atomic E-state index is 8.47. The molecule has 31 valence electrons. The fourth-order valence-electron chi connectivity index (χ4n) is 0.364. The van der Waals surface area contributed by atoms with Crippen molar-refractivity contribution >= 4 is 0 Å². The van der Waals surface area contributed by atoms with Gasteiger partial charge in [-0.25, -0.2) is 0 Å². The van der Waals surface area contributed by atoms with Crippen LogP contribution in [-0.4, -0.2) is 5.11 Å². The van der Waals surface area contributed by atoms with E-state index in [0.29, 0.717) is 5.76 Å². The molecule has 0 heterocycles. The van der Waals surface area contributed by atoms with Crippen molar-refractivity contribution in [2.75, 3.05) is 0 Å². The minimum atomic E-state index is 0.343. The summed E-state index contributed by atoms with van der Waals surface area (Å²) in [6, 6.07) is 0. The average Bonchev–Trinajstić information content (AvgIpc) is 1.86. The van der Waals surface area contributed by atoms with Crippen molar-refractivity contribution in [1.82, 2.24) is 0 Å². The predicted molar refractivity (Wildman–Crippen MR) is 24.2 cm³/mol. The zero-order valence-corrected chi connectivity index (χ0v) is 3.26. The maximum atomic E-state index is 8.47. The summed E-state index contributed by atoms with van der Waals surface area (Å²) < 4.78 is 0. The highest BCUT2D eigenvalue weighted by Gasteiger charge is 1.90. The van der Waals surface area contributed by atoms with Crippen LogP contribution in [0, 0.1) is 6.42 Å². The SMILES string of the molecule is OC1=CC=C[CH]1. The van der Waals surface area contributed by atoms with E-state index in [1.165, 1.54) is 0 Å². The summed E-state index contributed by atoms with van der Waals surface area (Å²) in [4.78, 5) is 0. The van der Waals surface area contributed by atoms with Gasteiger partial charge >= 0.3 is 0 Å². The van der Waals surface area contributed by atoms with Gasteiger partial charge in [-0.1, -0.05) is 12.2 Å². The summed E-state index contributed by atoms with van der Waals surface area (Å²) in [5.41, 5.74) is 0. The van der Waals surface area contributed by atoms with Gasteiger partial charge < -0.3 is 5.11 Å². The summed E-state index contributed by atoms with van der Waals surface area (Å²) >= 11 is 0. The number of allylic oxidation sites excluding steroid dienone is 3. The molecule has 1 rings (SSSR count). The van der Waals surface area contributed by atoms with E-state index < -0.39 is 0 Å². The molecule has 0 saturated carbocycles. The fraction of sp³-hybridized carbons (Fsp3) is 0. The molecule has 1 radical (unpaired) electrons. The monoisotopic (exact) mass is 81.0 g/mol. The molecule has 0 saturated heterocycles. The van der Waals surface area contributed by atoms with Gasteiger partial charge in [0.2, 0.25) is 0 Å². The highest BCUT2D eigenvalue weighted by molar-refractivity contribution is 5.28. The summed E-state index contributed by atoms with van der Waals surface area (Å²) in [5.74, 6) is 0.343. The molecule has 0 atom stereocenters. The van der Waals surface area contributed by atoms with Crippen molar-refractivity contribution in [2.24, 2.45) is 0 Å². The van der Waals surface area contributed by atoms with Crippen molar-refractivity contribution in [3.63, 3.8) is 0 Å². The third kappa shape index (κ3) is 0.432.